The first-order chi connectivity index (χ1) is 17.3. The lowest BCUT2D eigenvalue weighted by molar-refractivity contribution is -0.109. The van der Waals surface area contributed by atoms with Gasteiger partial charge in [0.1, 0.15) is 22.9 Å². The Morgan fingerprint density at radius 1 is 1.11 bits per heavy atom. The zero-order valence-corrected chi connectivity index (χ0v) is 20.5. The zero-order valence-electron chi connectivity index (χ0n) is 18.9. The molecule has 1 aliphatic rings. The van der Waals surface area contributed by atoms with E-state index in [0.29, 0.717) is 29.2 Å². The largest absolute Gasteiger partial charge is 0.453 e. The summed E-state index contributed by atoms with van der Waals surface area (Å²) in [5.41, 5.74) is 0. The summed E-state index contributed by atoms with van der Waals surface area (Å²) in [6.07, 6.45) is 6.43. The zero-order chi connectivity index (χ0) is 23.9. The van der Waals surface area contributed by atoms with Gasteiger partial charge in [-0.3, -0.25) is 4.90 Å². The molecule has 1 N–H and O–H groups in total. The lowest BCUT2D eigenvalue weighted by atomic mass is 9.96. The topological polar surface area (TPSA) is 93.1 Å². The molecule has 1 saturated heterocycles. The lowest BCUT2D eigenvalue weighted by Crippen LogP contribution is -2.34. The third-order valence-corrected chi connectivity index (χ3v) is 7.17. The van der Waals surface area contributed by atoms with E-state index in [2.05, 4.69) is 24.6 Å². The molecule has 0 atom stereocenters. The maximum Gasteiger partial charge on any atom is 0.208 e. The molecule has 0 radical (unpaired) electrons. The van der Waals surface area contributed by atoms with Crippen molar-refractivity contribution >= 4 is 40.5 Å². The summed E-state index contributed by atoms with van der Waals surface area (Å²) in [5.74, 6) is 3.03. The van der Waals surface area contributed by atoms with Gasteiger partial charge < -0.3 is 14.8 Å². The summed E-state index contributed by atoms with van der Waals surface area (Å²) in [5, 5.41) is 4.85. The number of hydrogen-bond acceptors (Lipinski definition) is 10. The fourth-order valence-electron chi connectivity index (χ4n) is 3.83. The molecular weight excluding hydrogens is 480 g/mol. The molecule has 1 aliphatic heterocycles. The van der Waals surface area contributed by atoms with E-state index in [1.807, 2.05) is 54.6 Å². The molecule has 178 valence electrons. The molecule has 4 aromatic rings. The number of nitrogens with one attached hydrogen (secondary N) is 1. The first-order valence-electron chi connectivity index (χ1n) is 11.4. The summed E-state index contributed by atoms with van der Waals surface area (Å²) in [6, 6.07) is 17.4. The molecule has 0 amide bonds. The Bertz CT molecular complexity index is 1250. The number of anilines is 2. The predicted octanol–water partition coefficient (Wildman–Crippen LogP) is 5.39. The van der Waals surface area contributed by atoms with Crippen LogP contribution < -0.4 is 10.1 Å². The number of aromatic nitrogens is 4. The number of aldehydes is 1. The van der Waals surface area contributed by atoms with Gasteiger partial charge in [-0.1, -0.05) is 36.0 Å². The summed E-state index contributed by atoms with van der Waals surface area (Å²) in [6.45, 7) is 2.27. The van der Waals surface area contributed by atoms with Crippen molar-refractivity contribution in [2.45, 2.75) is 28.7 Å². The van der Waals surface area contributed by atoms with Crippen molar-refractivity contribution in [1.29, 1.82) is 0 Å². The predicted molar refractivity (Wildman–Crippen MR) is 137 cm³/mol. The Kier molecular flexibility index (Phi) is 7.62. The van der Waals surface area contributed by atoms with Gasteiger partial charge in [-0.15, -0.1) is 0 Å². The van der Waals surface area contributed by atoms with Crippen LogP contribution in [0.4, 0.5) is 10.9 Å². The van der Waals surface area contributed by atoms with Crippen LogP contribution >= 0.6 is 23.3 Å². The molecule has 3 aromatic heterocycles. The average Bonchev–Trinajstić information content (AvgIpc) is 3.36. The van der Waals surface area contributed by atoms with E-state index in [9.17, 15) is 4.79 Å². The third kappa shape index (κ3) is 6.21. The second kappa shape index (κ2) is 11.4. The molecule has 10 heteroatoms. The number of rotatable bonds is 9. The molecule has 0 aliphatic carbocycles. The number of hydrogen-bond donors (Lipinski definition) is 1. The van der Waals surface area contributed by atoms with Gasteiger partial charge in [0.05, 0.1) is 6.54 Å². The number of nitrogens with zero attached hydrogens (tertiary/aromatic N) is 5. The van der Waals surface area contributed by atoms with Crippen LogP contribution in [0.3, 0.4) is 0 Å². The molecule has 0 bridgehead atoms. The van der Waals surface area contributed by atoms with Crippen molar-refractivity contribution in [3.63, 3.8) is 0 Å². The molecule has 0 saturated carbocycles. The molecule has 35 heavy (non-hydrogen) atoms. The minimum atomic E-state index is 0.301. The lowest BCUT2D eigenvalue weighted by Gasteiger charge is -2.28. The minimum Gasteiger partial charge on any atom is -0.453 e. The number of carbonyl (C=O) groups is 1. The number of likely N-dealkylation sites (tertiary alicyclic amines) is 1. The molecule has 4 heterocycles. The number of pyridine rings is 2. The highest BCUT2D eigenvalue weighted by Gasteiger charge is 2.24. The van der Waals surface area contributed by atoms with E-state index in [1.165, 1.54) is 23.3 Å². The fraction of sp³-hybridized carbons (Fsp3) is 0.240. The maximum atomic E-state index is 10.8. The van der Waals surface area contributed by atoms with Crippen LogP contribution in [0.15, 0.2) is 76.9 Å². The van der Waals surface area contributed by atoms with E-state index in [1.54, 1.807) is 12.4 Å². The molecule has 1 fully saturated rings. The quantitative estimate of drug-likeness (QED) is 0.301. The maximum absolute atomic E-state index is 10.8. The monoisotopic (exact) mass is 504 g/mol. The average molecular weight is 505 g/mol. The van der Waals surface area contributed by atoms with Gasteiger partial charge in [0.15, 0.2) is 11.6 Å². The Hall–Kier alpha value is -3.34. The second-order valence-corrected chi connectivity index (χ2v) is 9.87. The van der Waals surface area contributed by atoms with E-state index < -0.39 is 0 Å². The molecule has 0 unspecified atom stereocenters. The summed E-state index contributed by atoms with van der Waals surface area (Å²) >= 11 is 2.84. The van der Waals surface area contributed by atoms with Crippen molar-refractivity contribution in [2.75, 3.05) is 25.0 Å². The van der Waals surface area contributed by atoms with Crippen LogP contribution in [-0.2, 0) is 4.79 Å². The highest BCUT2D eigenvalue weighted by atomic mass is 32.2. The van der Waals surface area contributed by atoms with Crippen molar-refractivity contribution in [2.24, 2.45) is 0 Å². The first kappa shape index (κ1) is 23.4. The summed E-state index contributed by atoms with van der Waals surface area (Å²) in [7, 11) is 0. The van der Waals surface area contributed by atoms with Gasteiger partial charge in [0.25, 0.3) is 0 Å². The van der Waals surface area contributed by atoms with Gasteiger partial charge in [-0.25, -0.2) is 15.0 Å². The van der Waals surface area contributed by atoms with Crippen molar-refractivity contribution in [3.05, 3.63) is 72.8 Å². The van der Waals surface area contributed by atoms with Crippen LogP contribution in [0.2, 0.25) is 0 Å². The fourth-order valence-corrected chi connectivity index (χ4v) is 5.25. The van der Waals surface area contributed by atoms with Crippen LogP contribution in [0.5, 0.6) is 11.5 Å². The van der Waals surface area contributed by atoms with Crippen molar-refractivity contribution in [3.8, 4) is 11.5 Å². The summed E-state index contributed by atoms with van der Waals surface area (Å²) < 4.78 is 10.8. The minimum absolute atomic E-state index is 0.301. The van der Waals surface area contributed by atoms with Crippen LogP contribution in [0.1, 0.15) is 24.6 Å². The Labute approximate surface area is 212 Å². The smallest absolute Gasteiger partial charge is 0.208 e. The van der Waals surface area contributed by atoms with E-state index in [-0.39, 0.29) is 0 Å². The van der Waals surface area contributed by atoms with Crippen LogP contribution in [0.25, 0.3) is 0 Å². The molecular formula is C25H24N6O2S2. The van der Waals surface area contributed by atoms with E-state index in [4.69, 9.17) is 9.72 Å². The van der Waals surface area contributed by atoms with Crippen LogP contribution in [-0.4, -0.2) is 50.1 Å². The standard InChI is InChI=1S/C25H24N6O2S2/c32-15-14-31-12-9-18(10-13-31)23-28-25(35-30-23)29-24-21(33-19-6-2-1-3-7-19)16-20(17-27-24)34-22-8-4-5-11-26-22/h1-8,11,15-18H,9-10,12-14H2,(H,27,28,29,30). The third-order valence-electron chi connectivity index (χ3n) is 5.61. The van der Waals surface area contributed by atoms with E-state index in [0.717, 1.165) is 53.7 Å². The number of ether oxygens (including phenoxy) is 1. The van der Waals surface area contributed by atoms with Gasteiger partial charge >= 0.3 is 0 Å². The molecule has 1 aromatic carbocycles. The Morgan fingerprint density at radius 3 is 2.71 bits per heavy atom. The second-order valence-electron chi connectivity index (χ2n) is 8.03. The number of piperidine rings is 1. The van der Waals surface area contributed by atoms with Gasteiger partial charge in [-0.05, 0) is 50.2 Å². The number of para-hydroxylation sites is 1. The highest BCUT2D eigenvalue weighted by Crippen LogP contribution is 2.36. The number of benzene rings is 1. The highest BCUT2D eigenvalue weighted by molar-refractivity contribution is 7.99. The Balaban J connectivity index is 1.33. The normalized spacial score (nSPS) is 14.5. The van der Waals surface area contributed by atoms with Crippen molar-refractivity contribution in [1.82, 2.24) is 24.2 Å². The van der Waals surface area contributed by atoms with Gasteiger partial charge in [0, 0.05) is 40.8 Å². The number of carbonyl (C=O) groups excluding carboxylic acids is 1. The molecule has 0 spiro atoms. The van der Waals surface area contributed by atoms with Crippen molar-refractivity contribution < 1.29 is 9.53 Å². The van der Waals surface area contributed by atoms with Gasteiger partial charge in [0.2, 0.25) is 5.13 Å². The molecule has 8 nitrogen and oxygen atoms in total. The first-order valence-corrected chi connectivity index (χ1v) is 12.9. The van der Waals surface area contributed by atoms with Crippen LogP contribution in [0, 0.1) is 0 Å². The Morgan fingerprint density at radius 2 is 1.94 bits per heavy atom. The van der Waals surface area contributed by atoms with Gasteiger partial charge in [-0.2, -0.15) is 4.37 Å². The SMILES string of the molecule is O=CCN1CCC(c2nsc(Nc3ncc(Sc4ccccn4)cc3Oc3ccccc3)n2)CC1. The molecule has 5 rings (SSSR count). The summed E-state index contributed by atoms with van der Waals surface area (Å²) in [4.78, 5) is 27.6. The van der Waals surface area contributed by atoms with E-state index >= 15 is 0 Å².